The van der Waals surface area contributed by atoms with Crippen LogP contribution >= 0.6 is 11.6 Å². The lowest BCUT2D eigenvalue weighted by molar-refractivity contribution is -0.384. The fourth-order valence-corrected chi connectivity index (χ4v) is 2.68. The Morgan fingerprint density at radius 3 is 2.77 bits per heavy atom. The zero-order chi connectivity index (χ0) is 22.4. The second-order valence-electron chi connectivity index (χ2n) is 5.83. The number of nitro groups is 1. The smallest absolute Gasteiger partial charge is 0.273 e. The molecule has 3 rings (SSSR count). The van der Waals surface area contributed by atoms with Gasteiger partial charge >= 0.3 is 0 Å². The van der Waals surface area contributed by atoms with Gasteiger partial charge in [0.2, 0.25) is 5.95 Å². The first-order chi connectivity index (χ1) is 14.9. The van der Waals surface area contributed by atoms with Crippen LogP contribution in [-0.4, -0.2) is 34.9 Å². The highest BCUT2D eigenvalue weighted by molar-refractivity contribution is 6.33. The molecule has 0 aliphatic rings. The molecule has 0 atom stereocenters. The van der Waals surface area contributed by atoms with Gasteiger partial charge in [-0.25, -0.2) is 4.98 Å². The van der Waals surface area contributed by atoms with Gasteiger partial charge in [-0.15, -0.1) is 0 Å². The minimum atomic E-state index is -0.526. The number of amides is 1. The number of carbonyl (C=O) groups excluding carboxylic acids is 1. The van der Waals surface area contributed by atoms with Crippen LogP contribution in [0.15, 0.2) is 48.7 Å². The number of anilines is 4. The summed E-state index contributed by atoms with van der Waals surface area (Å²) < 4.78 is 12.4. The van der Waals surface area contributed by atoms with Gasteiger partial charge in [0.05, 0.1) is 41.2 Å². The molecule has 0 unspecified atom stereocenters. The third kappa shape index (κ3) is 4.55. The van der Waals surface area contributed by atoms with E-state index in [0.29, 0.717) is 16.9 Å². The number of nitrogens with one attached hydrogen (secondary N) is 3. The number of ether oxygens (including phenoxy) is 1. The van der Waals surface area contributed by atoms with Crippen LogP contribution in [0.3, 0.4) is 0 Å². The Kier molecular flexibility index (Phi) is 5.85. The average Bonchev–Trinajstić information content (AvgIpc) is 2.76. The second kappa shape index (κ2) is 9.05. The van der Waals surface area contributed by atoms with Crippen molar-refractivity contribution in [2.24, 2.45) is 0 Å². The van der Waals surface area contributed by atoms with Crippen molar-refractivity contribution in [2.45, 2.75) is 0 Å². The zero-order valence-electron chi connectivity index (χ0n) is 16.7. The maximum atomic E-state index is 12.2. The van der Waals surface area contributed by atoms with Crippen LogP contribution in [0, 0.1) is 10.1 Å². The maximum absolute atomic E-state index is 12.2. The molecule has 154 valence electrons. The van der Waals surface area contributed by atoms with Crippen LogP contribution in [0.25, 0.3) is 0 Å². The number of nitrogens with zero attached hydrogens (tertiary/aromatic N) is 3. The van der Waals surface area contributed by atoms with Gasteiger partial charge in [0, 0.05) is 14.5 Å². The molecule has 3 aromatic rings. The van der Waals surface area contributed by atoms with E-state index in [1.54, 1.807) is 24.3 Å². The largest absolute Gasteiger partial charge is 0.494 e. The lowest BCUT2D eigenvalue weighted by atomic mass is 10.1. The topological polar surface area (TPSA) is 131 Å². The molecule has 30 heavy (non-hydrogen) atoms. The Bertz CT molecular complexity index is 1130. The Morgan fingerprint density at radius 2 is 2.03 bits per heavy atom. The summed E-state index contributed by atoms with van der Waals surface area (Å²) in [4.78, 5) is 31.0. The molecule has 1 heterocycles. The number of methoxy groups -OCH3 is 1. The van der Waals surface area contributed by atoms with Crippen molar-refractivity contribution < 1.29 is 15.8 Å². The average molecular weight is 430 g/mol. The molecule has 1 amide bonds. The van der Waals surface area contributed by atoms with Gasteiger partial charge in [0.15, 0.2) is 5.82 Å². The van der Waals surface area contributed by atoms with Crippen LogP contribution in [-0.2, 0) is 0 Å². The summed E-state index contributed by atoms with van der Waals surface area (Å²) >= 11 is 6.21. The number of carbonyl (C=O) groups is 1. The van der Waals surface area contributed by atoms with Crippen LogP contribution in [0.4, 0.5) is 28.8 Å². The van der Waals surface area contributed by atoms with Crippen molar-refractivity contribution in [3.8, 4) is 5.75 Å². The number of halogens is 1. The molecule has 0 radical (unpaired) electrons. The molecule has 0 spiro atoms. The number of non-ortho nitro benzene ring substituents is 1. The van der Waals surface area contributed by atoms with Gasteiger partial charge in [-0.05, 0) is 18.2 Å². The summed E-state index contributed by atoms with van der Waals surface area (Å²) in [7, 11) is 1.13. The Labute approximate surface area is 177 Å². The van der Waals surface area contributed by atoms with Crippen molar-refractivity contribution in [2.75, 3.05) is 24.8 Å². The van der Waals surface area contributed by atoms with E-state index in [9.17, 15) is 14.9 Å². The van der Waals surface area contributed by atoms with Gasteiger partial charge in [0.25, 0.3) is 11.6 Å². The van der Waals surface area contributed by atoms with Gasteiger partial charge in [-0.2, -0.15) is 4.98 Å². The van der Waals surface area contributed by atoms with Gasteiger partial charge in [-0.3, -0.25) is 14.9 Å². The van der Waals surface area contributed by atoms with Gasteiger partial charge < -0.3 is 20.7 Å². The molecular weight excluding hydrogens is 412 g/mol. The predicted molar refractivity (Wildman–Crippen MR) is 113 cm³/mol. The third-order valence-corrected chi connectivity index (χ3v) is 4.25. The Morgan fingerprint density at radius 1 is 1.23 bits per heavy atom. The molecule has 1 aromatic heterocycles. The molecule has 0 fully saturated rings. The molecule has 3 N–H and O–H groups in total. The first-order valence-electron chi connectivity index (χ1n) is 9.19. The highest BCUT2D eigenvalue weighted by Gasteiger charge is 2.15. The minimum Gasteiger partial charge on any atom is -0.494 e. The van der Waals surface area contributed by atoms with Crippen molar-refractivity contribution in [1.82, 2.24) is 15.3 Å². The number of hydrogen-bond donors (Lipinski definition) is 3. The first-order valence-corrected chi connectivity index (χ1v) is 8.86. The monoisotopic (exact) mass is 429 g/mol. The lowest BCUT2D eigenvalue weighted by Gasteiger charge is -2.13. The molecular formula is C19H17ClN6O4. The first kappa shape index (κ1) is 19.4. The summed E-state index contributed by atoms with van der Waals surface area (Å²) in [5, 5.41) is 19.5. The number of rotatable bonds is 7. The van der Waals surface area contributed by atoms with E-state index in [2.05, 4.69) is 25.9 Å². The number of hydrogen-bond acceptors (Lipinski definition) is 8. The SMILES string of the molecule is [2H]CNC(=O)c1ccccc1Nc1nc(Nc2ccc([N+](=O)[O-])cc2OC)ncc1Cl. The second-order valence-corrected chi connectivity index (χ2v) is 6.24. The highest BCUT2D eigenvalue weighted by Crippen LogP contribution is 2.32. The van der Waals surface area contributed by atoms with Crippen molar-refractivity contribution in [3.63, 3.8) is 0 Å². The van der Waals surface area contributed by atoms with Crippen molar-refractivity contribution in [1.29, 1.82) is 0 Å². The van der Waals surface area contributed by atoms with Crippen LogP contribution < -0.4 is 20.7 Å². The Balaban J connectivity index is 1.89. The van der Waals surface area contributed by atoms with Crippen LogP contribution in [0.2, 0.25) is 5.02 Å². The summed E-state index contributed by atoms with van der Waals surface area (Å²) in [5.74, 6) is 0.190. The normalized spacial score (nSPS) is 10.7. The number of nitro benzene ring substituents is 1. The molecule has 0 saturated heterocycles. The van der Waals surface area contributed by atoms with E-state index in [-0.39, 0.29) is 35.2 Å². The minimum absolute atomic E-state index is 0.121. The van der Waals surface area contributed by atoms with E-state index in [1.165, 1.54) is 31.5 Å². The standard InChI is InChI=1S/C19H17ClN6O4/c1-21-18(27)12-5-3-4-6-14(12)23-17-13(20)10-22-19(25-17)24-15-8-7-11(26(28)29)9-16(15)30-2/h3-10H,1-2H3,(H,21,27)(H2,22,23,24,25)/i1D. The van der Waals surface area contributed by atoms with E-state index >= 15 is 0 Å². The molecule has 10 nitrogen and oxygen atoms in total. The quantitative estimate of drug-likeness (QED) is 0.380. The van der Waals surface area contributed by atoms with Crippen molar-refractivity contribution >= 4 is 46.3 Å². The third-order valence-electron chi connectivity index (χ3n) is 3.97. The Hall–Kier alpha value is -3.92. The van der Waals surface area contributed by atoms with E-state index in [0.717, 1.165) is 0 Å². The molecule has 2 aromatic carbocycles. The summed E-state index contributed by atoms with van der Waals surface area (Å²) in [5.41, 5.74) is 1.05. The van der Waals surface area contributed by atoms with Crippen LogP contribution in [0.1, 0.15) is 11.7 Å². The zero-order valence-corrected chi connectivity index (χ0v) is 16.4. The summed E-state index contributed by atoms with van der Waals surface area (Å²) in [6.45, 7) is 0. The van der Waals surface area contributed by atoms with Crippen LogP contribution in [0.5, 0.6) is 5.75 Å². The number of para-hydroxylation sites is 1. The number of benzene rings is 2. The molecule has 11 heteroatoms. The van der Waals surface area contributed by atoms with Gasteiger partial charge in [-0.1, -0.05) is 23.7 Å². The molecule has 0 saturated carbocycles. The van der Waals surface area contributed by atoms with E-state index in [4.69, 9.17) is 17.7 Å². The van der Waals surface area contributed by atoms with Crippen molar-refractivity contribution in [3.05, 3.63) is 69.4 Å². The number of aromatic nitrogens is 2. The van der Waals surface area contributed by atoms with E-state index in [1.807, 2.05) is 0 Å². The predicted octanol–water partition coefficient (Wildman–Crippen LogP) is 3.89. The fourth-order valence-electron chi connectivity index (χ4n) is 2.55. The maximum Gasteiger partial charge on any atom is 0.273 e. The fraction of sp³-hybridized carbons (Fsp3) is 0.105. The van der Waals surface area contributed by atoms with Gasteiger partial charge in [0.1, 0.15) is 10.8 Å². The molecule has 0 aliphatic heterocycles. The summed E-state index contributed by atoms with van der Waals surface area (Å²) in [6, 6.07) is 10.8. The molecule has 0 bridgehead atoms. The lowest BCUT2D eigenvalue weighted by Crippen LogP contribution is -2.19. The highest BCUT2D eigenvalue weighted by atomic mass is 35.5. The van der Waals surface area contributed by atoms with E-state index < -0.39 is 10.8 Å². The summed E-state index contributed by atoms with van der Waals surface area (Å²) in [6.07, 6.45) is 1.36. The molecule has 0 aliphatic carbocycles.